The van der Waals surface area contributed by atoms with Crippen LogP contribution in [-0.4, -0.2) is 61.1 Å². The second kappa shape index (κ2) is 8.89. The summed E-state index contributed by atoms with van der Waals surface area (Å²) in [4.78, 5) is 7.12. The molecule has 0 spiro atoms. The average molecular weight is 313 g/mol. The monoisotopic (exact) mass is 312 g/mol. The lowest BCUT2D eigenvalue weighted by molar-refractivity contribution is 0.107. The highest BCUT2D eigenvalue weighted by atomic mass is 32.2. The summed E-state index contributed by atoms with van der Waals surface area (Å²) in [5.41, 5.74) is 0.378. The Kier molecular flexibility index (Phi) is 7.17. The third-order valence-electron chi connectivity index (χ3n) is 4.85. The van der Waals surface area contributed by atoms with Crippen LogP contribution in [0.3, 0.4) is 0 Å². The van der Waals surface area contributed by atoms with Gasteiger partial charge in [-0.25, -0.2) is 0 Å². The molecule has 2 rings (SSSR count). The zero-order chi connectivity index (χ0) is 15.0. The fourth-order valence-corrected chi connectivity index (χ4v) is 4.43. The van der Waals surface area contributed by atoms with Crippen LogP contribution in [0.25, 0.3) is 0 Å². The van der Waals surface area contributed by atoms with E-state index in [-0.39, 0.29) is 0 Å². The molecule has 1 saturated heterocycles. The zero-order valence-corrected chi connectivity index (χ0v) is 14.6. The van der Waals surface area contributed by atoms with Crippen LogP contribution in [0.2, 0.25) is 0 Å². The smallest absolute Gasteiger partial charge is 0.191 e. The number of guanidine groups is 1. The number of unbranched alkanes of at least 4 members (excludes halogenated alkanes) is 1. The van der Waals surface area contributed by atoms with E-state index < -0.39 is 0 Å². The van der Waals surface area contributed by atoms with Gasteiger partial charge in [-0.15, -0.1) is 0 Å². The number of aliphatic imine (C=N–C) groups is 1. The van der Waals surface area contributed by atoms with Crippen molar-refractivity contribution in [3.63, 3.8) is 0 Å². The summed E-state index contributed by atoms with van der Waals surface area (Å²) in [5, 5.41) is 7.03. The van der Waals surface area contributed by atoms with Gasteiger partial charge in [0.2, 0.25) is 0 Å². The Morgan fingerprint density at radius 1 is 1.19 bits per heavy atom. The first-order valence-corrected chi connectivity index (χ1v) is 9.73. The van der Waals surface area contributed by atoms with Crippen molar-refractivity contribution in [3.05, 3.63) is 0 Å². The largest absolute Gasteiger partial charge is 0.356 e. The van der Waals surface area contributed by atoms with Gasteiger partial charge in [0.25, 0.3) is 0 Å². The molecule has 0 aromatic heterocycles. The van der Waals surface area contributed by atoms with Gasteiger partial charge in [0.15, 0.2) is 5.96 Å². The van der Waals surface area contributed by atoms with Crippen LogP contribution >= 0.6 is 11.8 Å². The molecule has 5 heteroatoms. The summed E-state index contributed by atoms with van der Waals surface area (Å²) in [6.45, 7) is 6.80. The number of hydrogen-bond acceptors (Lipinski definition) is 3. The molecule has 0 unspecified atom stereocenters. The van der Waals surface area contributed by atoms with Gasteiger partial charge in [-0.3, -0.25) is 9.89 Å². The molecule has 0 radical (unpaired) electrons. The van der Waals surface area contributed by atoms with Crippen LogP contribution in [0.5, 0.6) is 0 Å². The predicted octanol–water partition coefficient (Wildman–Crippen LogP) is 2.31. The number of thioether (sulfide) groups is 1. The SMILES string of the molecule is CCCCNC(=NC)NCC1(N2CCSCC2)CCCC1. The van der Waals surface area contributed by atoms with E-state index in [1.165, 1.54) is 63.1 Å². The van der Waals surface area contributed by atoms with Gasteiger partial charge in [0, 0.05) is 50.3 Å². The summed E-state index contributed by atoms with van der Waals surface area (Å²) < 4.78 is 0. The van der Waals surface area contributed by atoms with E-state index in [0.29, 0.717) is 5.54 Å². The van der Waals surface area contributed by atoms with Crippen LogP contribution in [0.4, 0.5) is 0 Å². The van der Waals surface area contributed by atoms with E-state index in [4.69, 9.17) is 0 Å². The Labute approximate surface area is 134 Å². The molecule has 0 atom stereocenters. The van der Waals surface area contributed by atoms with Crippen molar-refractivity contribution in [2.24, 2.45) is 4.99 Å². The molecule has 2 fully saturated rings. The Morgan fingerprint density at radius 3 is 2.52 bits per heavy atom. The minimum atomic E-state index is 0.378. The molecule has 21 heavy (non-hydrogen) atoms. The Bertz CT molecular complexity index is 320. The molecule has 122 valence electrons. The molecular formula is C16H32N4S. The first kappa shape index (κ1) is 16.9. The molecule has 0 bridgehead atoms. The van der Waals surface area contributed by atoms with Gasteiger partial charge in [-0.2, -0.15) is 11.8 Å². The van der Waals surface area contributed by atoms with Gasteiger partial charge >= 0.3 is 0 Å². The predicted molar refractivity (Wildman–Crippen MR) is 94.4 cm³/mol. The summed E-state index contributed by atoms with van der Waals surface area (Å²) in [6, 6.07) is 0. The van der Waals surface area contributed by atoms with Crippen LogP contribution in [0.15, 0.2) is 4.99 Å². The molecule has 1 saturated carbocycles. The number of rotatable bonds is 6. The minimum absolute atomic E-state index is 0.378. The minimum Gasteiger partial charge on any atom is -0.356 e. The van der Waals surface area contributed by atoms with Gasteiger partial charge < -0.3 is 10.6 Å². The first-order valence-electron chi connectivity index (χ1n) is 8.58. The molecule has 0 amide bonds. The number of hydrogen-bond donors (Lipinski definition) is 2. The van der Waals surface area contributed by atoms with Crippen LogP contribution in [0.1, 0.15) is 45.4 Å². The third-order valence-corrected chi connectivity index (χ3v) is 5.79. The molecule has 4 nitrogen and oxygen atoms in total. The highest BCUT2D eigenvalue weighted by molar-refractivity contribution is 7.99. The molecule has 1 aliphatic carbocycles. The van der Waals surface area contributed by atoms with Gasteiger partial charge in [-0.05, 0) is 19.3 Å². The van der Waals surface area contributed by atoms with E-state index in [9.17, 15) is 0 Å². The highest BCUT2D eigenvalue weighted by Crippen LogP contribution is 2.36. The van der Waals surface area contributed by atoms with Crippen molar-refractivity contribution in [1.82, 2.24) is 15.5 Å². The molecule has 1 aliphatic heterocycles. The summed E-state index contributed by atoms with van der Waals surface area (Å²) >= 11 is 2.10. The Hall–Kier alpha value is -0.420. The summed E-state index contributed by atoms with van der Waals surface area (Å²) in [5.74, 6) is 3.57. The van der Waals surface area contributed by atoms with Gasteiger partial charge in [0.05, 0.1) is 0 Å². The normalized spacial score (nSPS) is 23.2. The number of nitrogens with one attached hydrogen (secondary N) is 2. The number of nitrogens with zero attached hydrogens (tertiary/aromatic N) is 2. The lowest BCUT2D eigenvalue weighted by Gasteiger charge is -2.43. The third kappa shape index (κ3) is 4.78. The van der Waals surface area contributed by atoms with Crippen molar-refractivity contribution in [2.75, 3.05) is 44.7 Å². The Morgan fingerprint density at radius 2 is 1.90 bits per heavy atom. The molecule has 2 aliphatic rings. The fraction of sp³-hybridized carbons (Fsp3) is 0.938. The van der Waals surface area contributed by atoms with Crippen molar-refractivity contribution in [3.8, 4) is 0 Å². The zero-order valence-electron chi connectivity index (χ0n) is 13.8. The van der Waals surface area contributed by atoms with Crippen molar-refractivity contribution < 1.29 is 0 Å². The maximum Gasteiger partial charge on any atom is 0.191 e. The van der Waals surface area contributed by atoms with E-state index in [1.807, 2.05) is 7.05 Å². The first-order chi connectivity index (χ1) is 10.3. The standard InChI is InChI=1S/C16H32N4S/c1-3-4-9-18-15(17-2)19-14-16(7-5-6-8-16)20-10-12-21-13-11-20/h3-14H2,1-2H3,(H2,17,18,19). The summed E-state index contributed by atoms with van der Waals surface area (Å²) in [6.07, 6.45) is 7.88. The molecule has 2 N–H and O–H groups in total. The molecule has 1 heterocycles. The van der Waals surface area contributed by atoms with E-state index in [1.54, 1.807) is 0 Å². The second-order valence-corrected chi connectivity index (χ2v) is 7.46. The van der Waals surface area contributed by atoms with E-state index >= 15 is 0 Å². The van der Waals surface area contributed by atoms with Crippen LogP contribution < -0.4 is 10.6 Å². The average Bonchev–Trinajstić information content (AvgIpc) is 3.02. The lowest BCUT2D eigenvalue weighted by atomic mass is 9.94. The second-order valence-electron chi connectivity index (χ2n) is 6.24. The van der Waals surface area contributed by atoms with Crippen molar-refractivity contribution in [2.45, 2.75) is 51.0 Å². The topological polar surface area (TPSA) is 39.7 Å². The van der Waals surface area contributed by atoms with E-state index in [0.717, 1.165) is 19.0 Å². The molecular weight excluding hydrogens is 280 g/mol. The maximum absolute atomic E-state index is 4.37. The lowest BCUT2D eigenvalue weighted by Crippen LogP contribution is -2.57. The van der Waals surface area contributed by atoms with Gasteiger partial charge in [0.1, 0.15) is 0 Å². The van der Waals surface area contributed by atoms with Crippen LogP contribution in [-0.2, 0) is 0 Å². The fourth-order valence-electron chi connectivity index (χ4n) is 3.53. The molecule has 0 aromatic carbocycles. The van der Waals surface area contributed by atoms with Crippen molar-refractivity contribution in [1.29, 1.82) is 0 Å². The maximum atomic E-state index is 4.37. The van der Waals surface area contributed by atoms with E-state index in [2.05, 4.69) is 39.2 Å². The van der Waals surface area contributed by atoms with Crippen molar-refractivity contribution >= 4 is 17.7 Å². The Balaban J connectivity index is 1.87. The van der Waals surface area contributed by atoms with Crippen LogP contribution in [0, 0.1) is 0 Å². The van der Waals surface area contributed by atoms with Gasteiger partial charge in [-0.1, -0.05) is 26.2 Å². The summed E-state index contributed by atoms with van der Waals surface area (Å²) in [7, 11) is 1.88. The highest BCUT2D eigenvalue weighted by Gasteiger charge is 2.39. The quantitative estimate of drug-likeness (QED) is 0.448. The molecule has 0 aromatic rings.